The lowest BCUT2D eigenvalue weighted by molar-refractivity contribution is -0.118. The van der Waals surface area contributed by atoms with Gasteiger partial charge < -0.3 is 15.8 Å². The van der Waals surface area contributed by atoms with Crippen molar-refractivity contribution >= 4 is 23.4 Å². The number of hydrogen-bond donors (Lipinski definition) is 2. The molecule has 0 saturated carbocycles. The summed E-state index contributed by atoms with van der Waals surface area (Å²) < 4.78 is 5.41. The van der Waals surface area contributed by atoms with Crippen molar-refractivity contribution in [3.63, 3.8) is 0 Å². The Kier molecular flexibility index (Phi) is 7.47. The van der Waals surface area contributed by atoms with Crippen LogP contribution in [-0.2, 0) is 9.53 Å². The van der Waals surface area contributed by atoms with Gasteiger partial charge in [0.15, 0.2) is 0 Å². The molecule has 0 unspecified atom stereocenters. The predicted octanol–water partition coefficient (Wildman–Crippen LogP) is 2.60. The second-order valence-electron chi connectivity index (χ2n) is 4.88. The summed E-state index contributed by atoms with van der Waals surface area (Å²) in [6.45, 7) is 7.31. The van der Waals surface area contributed by atoms with Crippen LogP contribution in [0.4, 0.5) is 5.69 Å². The van der Waals surface area contributed by atoms with Crippen LogP contribution in [0.1, 0.15) is 25.8 Å². The number of nitrogens with one attached hydrogen (secondary N) is 1. The Hall–Kier alpha value is -1.20. The summed E-state index contributed by atoms with van der Waals surface area (Å²) in [5, 5.41) is 2.89. The Morgan fingerprint density at radius 2 is 2.20 bits per heavy atom. The van der Waals surface area contributed by atoms with E-state index in [1.807, 2.05) is 39.0 Å². The van der Waals surface area contributed by atoms with Crippen molar-refractivity contribution < 1.29 is 9.53 Å². The third-order valence-electron chi connectivity index (χ3n) is 2.78. The molecule has 1 aromatic carbocycles. The van der Waals surface area contributed by atoms with Crippen LogP contribution in [0.25, 0.3) is 0 Å². The molecular weight excluding hydrogens is 272 g/mol. The van der Waals surface area contributed by atoms with Crippen LogP contribution >= 0.6 is 11.8 Å². The third-order valence-corrected chi connectivity index (χ3v) is 3.94. The number of nitrogens with two attached hydrogens (primary N) is 1. The number of carbonyl (C=O) groups is 1. The highest BCUT2D eigenvalue weighted by molar-refractivity contribution is 8.00. The minimum absolute atomic E-state index is 0.0429. The molecule has 0 atom stereocenters. The Labute approximate surface area is 125 Å². The lowest BCUT2D eigenvalue weighted by atomic mass is 10.2. The summed E-state index contributed by atoms with van der Waals surface area (Å²) >= 11 is 1.51. The Morgan fingerprint density at radius 3 is 2.90 bits per heavy atom. The van der Waals surface area contributed by atoms with Crippen LogP contribution in [0.2, 0.25) is 0 Å². The van der Waals surface area contributed by atoms with E-state index < -0.39 is 0 Å². The maximum Gasteiger partial charge on any atom is 0.230 e. The fraction of sp³-hybridized carbons (Fsp3) is 0.533. The van der Waals surface area contributed by atoms with Crippen LogP contribution in [0.5, 0.6) is 0 Å². The number of ether oxygens (including phenoxy) is 1. The number of amides is 1. The second-order valence-corrected chi connectivity index (χ2v) is 5.90. The summed E-state index contributed by atoms with van der Waals surface area (Å²) in [4.78, 5) is 12.8. The fourth-order valence-corrected chi connectivity index (χ4v) is 2.50. The first-order valence-electron chi connectivity index (χ1n) is 6.87. The van der Waals surface area contributed by atoms with Gasteiger partial charge in [0.1, 0.15) is 0 Å². The van der Waals surface area contributed by atoms with E-state index in [-0.39, 0.29) is 12.0 Å². The van der Waals surface area contributed by atoms with Gasteiger partial charge in [0.2, 0.25) is 5.91 Å². The zero-order chi connectivity index (χ0) is 15.0. The van der Waals surface area contributed by atoms with Crippen LogP contribution in [-0.4, -0.2) is 30.9 Å². The normalized spacial score (nSPS) is 10.8. The summed E-state index contributed by atoms with van der Waals surface area (Å²) in [6.07, 6.45) is 1.08. The fourth-order valence-electron chi connectivity index (χ4n) is 1.60. The van der Waals surface area contributed by atoms with E-state index in [0.717, 1.165) is 22.6 Å². The van der Waals surface area contributed by atoms with Gasteiger partial charge in [-0.1, -0.05) is 6.07 Å². The standard InChI is InChI=1S/C15H24N2O2S/c1-11(2)19-9-5-8-17-15(18)10-20-14-7-4-6-13(16)12(14)3/h4,6-7,11H,5,8-10,16H2,1-3H3,(H,17,18). The Balaban J connectivity index is 2.21. The number of hydrogen-bond acceptors (Lipinski definition) is 4. The molecule has 0 radical (unpaired) electrons. The Bertz CT molecular complexity index is 436. The van der Waals surface area contributed by atoms with Crippen molar-refractivity contribution in [2.24, 2.45) is 0 Å². The molecule has 1 rings (SSSR count). The van der Waals surface area contributed by atoms with Crippen molar-refractivity contribution in [2.75, 3.05) is 24.6 Å². The lowest BCUT2D eigenvalue weighted by Gasteiger charge is -2.09. The molecule has 0 bridgehead atoms. The molecule has 0 aliphatic heterocycles. The molecule has 0 spiro atoms. The highest BCUT2D eigenvalue weighted by atomic mass is 32.2. The largest absolute Gasteiger partial charge is 0.398 e. The smallest absolute Gasteiger partial charge is 0.230 e. The quantitative estimate of drug-likeness (QED) is 0.440. The van der Waals surface area contributed by atoms with Gasteiger partial charge in [-0.3, -0.25) is 4.79 Å². The van der Waals surface area contributed by atoms with Gasteiger partial charge in [-0.2, -0.15) is 0 Å². The van der Waals surface area contributed by atoms with Crippen LogP contribution < -0.4 is 11.1 Å². The molecular formula is C15H24N2O2S. The topological polar surface area (TPSA) is 64.4 Å². The number of carbonyl (C=O) groups excluding carboxylic acids is 1. The molecule has 0 aliphatic carbocycles. The lowest BCUT2D eigenvalue weighted by Crippen LogP contribution is -2.27. The van der Waals surface area contributed by atoms with Crippen molar-refractivity contribution in [1.82, 2.24) is 5.32 Å². The third kappa shape index (κ3) is 6.30. The van der Waals surface area contributed by atoms with Crippen LogP contribution in [0.15, 0.2) is 23.1 Å². The molecule has 1 aromatic rings. The zero-order valence-electron chi connectivity index (χ0n) is 12.4. The van der Waals surface area contributed by atoms with Gasteiger partial charge >= 0.3 is 0 Å². The van der Waals surface area contributed by atoms with Gasteiger partial charge in [-0.15, -0.1) is 11.8 Å². The van der Waals surface area contributed by atoms with Crippen molar-refractivity contribution in [1.29, 1.82) is 0 Å². The van der Waals surface area contributed by atoms with Gasteiger partial charge in [-0.25, -0.2) is 0 Å². The van der Waals surface area contributed by atoms with Crippen molar-refractivity contribution in [3.05, 3.63) is 23.8 Å². The minimum atomic E-state index is 0.0429. The first-order valence-corrected chi connectivity index (χ1v) is 7.85. The number of anilines is 1. The maximum atomic E-state index is 11.7. The second kappa shape index (κ2) is 8.87. The summed E-state index contributed by atoms with van der Waals surface area (Å²) in [5.41, 5.74) is 7.64. The molecule has 3 N–H and O–H groups in total. The summed E-state index contributed by atoms with van der Waals surface area (Å²) in [6, 6.07) is 5.76. The molecule has 20 heavy (non-hydrogen) atoms. The number of rotatable bonds is 8. The molecule has 0 fully saturated rings. The molecule has 0 heterocycles. The molecule has 0 aliphatic rings. The number of thioether (sulfide) groups is 1. The van der Waals surface area contributed by atoms with E-state index in [0.29, 0.717) is 18.9 Å². The zero-order valence-corrected chi connectivity index (χ0v) is 13.3. The predicted molar refractivity (Wildman–Crippen MR) is 85.0 cm³/mol. The van der Waals surface area contributed by atoms with Gasteiger partial charge in [0, 0.05) is 23.7 Å². The first kappa shape index (κ1) is 16.9. The highest BCUT2D eigenvalue weighted by Crippen LogP contribution is 2.25. The molecule has 0 aromatic heterocycles. The van der Waals surface area contributed by atoms with Gasteiger partial charge in [0.25, 0.3) is 0 Å². The first-order chi connectivity index (χ1) is 9.50. The van der Waals surface area contributed by atoms with Crippen LogP contribution in [0.3, 0.4) is 0 Å². The van der Waals surface area contributed by atoms with E-state index in [1.165, 1.54) is 11.8 Å². The molecule has 4 nitrogen and oxygen atoms in total. The van der Waals surface area contributed by atoms with E-state index in [4.69, 9.17) is 10.5 Å². The molecule has 5 heteroatoms. The van der Waals surface area contributed by atoms with E-state index in [9.17, 15) is 4.79 Å². The summed E-state index contributed by atoms with van der Waals surface area (Å²) in [7, 11) is 0. The maximum absolute atomic E-state index is 11.7. The highest BCUT2D eigenvalue weighted by Gasteiger charge is 2.06. The SMILES string of the molecule is Cc1c(N)cccc1SCC(=O)NCCCOC(C)C. The van der Waals surface area contributed by atoms with Crippen molar-refractivity contribution in [3.8, 4) is 0 Å². The number of nitrogen functional groups attached to an aromatic ring is 1. The van der Waals surface area contributed by atoms with Crippen LogP contribution in [0, 0.1) is 6.92 Å². The monoisotopic (exact) mass is 296 g/mol. The average Bonchev–Trinajstić information content (AvgIpc) is 2.39. The van der Waals surface area contributed by atoms with Gasteiger partial charge in [0.05, 0.1) is 11.9 Å². The molecule has 1 amide bonds. The molecule has 0 saturated heterocycles. The van der Waals surface area contributed by atoms with E-state index in [1.54, 1.807) is 0 Å². The minimum Gasteiger partial charge on any atom is -0.398 e. The number of benzene rings is 1. The van der Waals surface area contributed by atoms with Gasteiger partial charge in [-0.05, 0) is 44.9 Å². The molecule has 112 valence electrons. The average molecular weight is 296 g/mol. The van der Waals surface area contributed by atoms with E-state index >= 15 is 0 Å². The summed E-state index contributed by atoms with van der Waals surface area (Å²) in [5.74, 6) is 0.455. The van der Waals surface area contributed by atoms with Crippen molar-refractivity contribution in [2.45, 2.75) is 38.2 Å². The Morgan fingerprint density at radius 1 is 1.45 bits per heavy atom. The van der Waals surface area contributed by atoms with E-state index in [2.05, 4.69) is 5.32 Å².